The van der Waals surface area contributed by atoms with E-state index in [0.29, 0.717) is 23.2 Å². The van der Waals surface area contributed by atoms with Gasteiger partial charge in [-0.3, -0.25) is 9.89 Å². The van der Waals surface area contributed by atoms with Crippen LogP contribution in [0.4, 0.5) is 0 Å². The number of amides is 1. The minimum absolute atomic E-state index is 0.0253. The Kier molecular flexibility index (Phi) is 5.41. The normalized spacial score (nSPS) is 20.1. The molecule has 0 aliphatic carbocycles. The van der Waals surface area contributed by atoms with Crippen molar-refractivity contribution in [2.75, 3.05) is 20.8 Å². The second-order valence-corrected chi connectivity index (χ2v) is 6.63. The van der Waals surface area contributed by atoms with Crippen molar-refractivity contribution < 1.29 is 19.0 Å². The zero-order valence-corrected chi connectivity index (χ0v) is 15.4. The quantitative estimate of drug-likeness (QED) is 0.817. The first-order valence-electron chi connectivity index (χ1n) is 8.56. The fourth-order valence-electron chi connectivity index (χ4n) is 3.00. The van der Waals surface area contributed by atoms with Crippen LogP contribution in [0.1, 0.15) is 43.2 Å². The molecule has 2 aromatic rings. The Bertz CT molecular complexity index is 774. The van der Waals surface area contributed by atoms with Gasteiger partial charge in [-0.25, -0.2) is 4.98 Å². The predicted octanol–water partition coefficient (Wildman–Crippen LogP) is 1.95. The van der Waals surface area contributed by atoms with Gasteiger partial charge in [0, 0.05) is 6.42 Å². The zero-order chi connectivity index (χ0) is 18.7. The van der Waals surface area contributed by atoms with E-state index in [9.17, 15) is 4.79 Å². The van der Waals surface area contributed by atoms with Crippen LogP contribution in [-0.2, 0) is 16.0 Å². The number of ether oxygens (including phenoxy) is 3. The number of morpholine rings is 1. The predicted molar refractivity (Wildman–Crippen MR) is 94.0 cm³/mol. The summed E-state index contributed by atoms with van der Waals surface area (Å²) in [6.07, 6.45) is 0.315. The molecule has 1 saturated heterocycles. The lowest BCUT2D eigenvalue weighted by Gasteiger charge is -2.31. The van der Waals surface area contributed by atoms with E-state index < -0.39 is 12.1 Å². The van der Waals surface area contributed by atoms with Gasteiger partial charge >= 0.3 is 0 Å². The smallest absolute Gasteiger partial charge is 0.246 e. The van der Waals surface area contributed by atoms with Crippen molar-refractivity contribution >= 4 is 5.91 Å². The summed E-state index contributed by atoms with van der Waals surface area (Å²) in [5.41, 5.74) is 0.830. The van der Waals surface area contributed by atoms with Crippen LogP contribution in [0.25, 0.3) is 0 Å². The van der Waals surface area contributed by atoms with E-state index in [1.54, 1.807) is 20.3 Å². The summed E-state index contributed by atoms with van der Waals surface area (Å²) in [6, 6.07) is 5.08. The van der Waals surface area contributed by atoms with Crippen molar-refractivity contribution in [1.82, 2.24) is 20.5 Å². The van der Waals surface area contributed by atoms with Gasteiger partial charge in [0.2, 0.25) is 5.91 Å². The highest BCUT2D eigenvalue weighted by molar-refractivity contribution is 5.78. The van der Waals surface area contributed by atoms with Crippen LogP contribution < -0.4 is 14.8 Å². The molecule has 2 heterocycles. The van der Waals surface area contributed by atoms with E-state index in [1.165, 1.54) is 0 Å². The number of aromatic amines is 1. The molecular weight excluding hydrogens is 336 g/mol. The fraction of sp³-hybridized carbons (Fsp3) is 0.500. The molecule has 1 aliphatic heterocycles. The van der Waals surface area contributed by atoms with Gasteiger partial charge in [0.15, 0.2) is 17.3 Å². The summed E-state index contributed by atoms with van der Waals surface area (Å²) in [5.74, 6) is 2.82. The average Bonchev–Trinajstić information content (AvgIpc) is 3.08. The first kappa shape index (κ1) is 18.2. The van der Waals surface area contributed by atoms with Gasteiger partial charge < -0.3 is 19.5 Å². The molecule has 1 aromatic heterocycles. The number of H-pyrrole nitrogens is 1. The second-order valence-electron chi connectivity index (χ2n) is 6.63. The molecule has 0 unspecified atom stereocenters. The number of rotatable bonds is 6. The minimum Gasteiger partial charge on any atom is -0.493 e. The molecule has 26 heavy (non-hydrogen) atoms. The second kappa shape index (κ2) is 7.74. The number of carbonyl (C=O) groups excluding carboxylic acids is 1. The highest BCUT2D eigenvalue weighted by atomic mass is 16.5. The summed E-state index contributed by atoms with van der Waals surface area (Å²) in [4.78, 5) is 16.5. The highest BCUT2D eigenvalue weighted by Gasteiger charge is 2.35. The van der Waals surface area contributed by atoms with Crippen LogP contribution in [0.5, 0.6) is 11.5 Å². The Morgan fingerprint density at radius 1 is 1.27 bits per heavy atom. The molecule has 0 spiro atoms. The Morgan fingerprint density at radius 3 is 2.73 bits per heavy atom. The summed E-state index contributed by atoms with van der Waals surface area (Å²) in [5, 5.41) is 10.2. The molecule has 2 N–H and O–H groups in total. The molecule has 8 heteroatoms. The number of nitrogens with zero attached hydrogens (tertiary/aromatic N) is 2. The summed E-state index contributed by atoms with van der Waals surface area (Å²) < 4.78 is 16.4. The molecule has 1 aliphatic rings. The lowest BCUT2D eigenvalue weighted by atomic mass is 9.98. The maximum absolute atomic E-state index is 11.9. The van der Waals surface area contributed by atoms with Gasteiger partial charge in [0.05, 0.1) is 20.3 Å². The van der Waals surface area contributed by atoms with Gasteiger partial charge in [-0.05, 0) is 23.6 Å². The number of nitrogens with one attached hydrogen (secondary N) is 2. The summed E-state index contributed by atoms with van der Waals surface area (Å²) in [7, 11) is 3.15. The third-order valence-electron chi connectivity index (χ3n) is 4.19. The Labute approximate surface area is 152 Å². The Morgan fingerprint density at radius 2 is 2.04 bits per heavy atom. The largest absolute Gasteiger partial charge is 0.493 e. The van der Waals surface area contributed by atoms with Gasteiger partial charge in [-0.1, -0.05) is 19.9 Å². The van der Waals surface area contributed by atoms with E-state index in [1.807, 2.05) is 12.1 Å². The van der Waals surface area contributed by atoms with Crippen molar-refractivity contribution in [3.05, 3.63) is 35.4 Å². The van der Waals surface area contributed by atoms with Gasteiger partial charge in [0.1, 0.15) is 18.5 Å². The van der Waals surface area contributed by atoms with Crippen molar-refractivity contribution in [2.45, 2.75) is 32.4 Å². The van der Waals surface area contributed by atoms with Crippen molar-refractivity contribution in [2.24, 2.45) is 5.92 Å². The minimum atomic E-state index is -0.483. The Balaban J connectivity index is 1.91. The number of methoxy groups -OCH3 is 2. The third-order valence-corrected chi connectivity index (χ3v) is 4.19. The van der Waals surface area contributed by atoms with Gasteiger partial charge in [-0.2, -0.15) is 5.10 Å². The lowest BCUT2D eigenvalue weighted by Crippen LogP contribution is -2.42. The lowest BCUT2D eigenvalue weighted by molar-refractivity contribution is -0.137. The molecule has 0 bridgehead atoms. The van der Waals surface area contributed by atoms with E-state index in [2.05, 4.69) is 34.3 Å². The molecule has 1 fully saturated rings. The topological polar surface area (TPSA) is 98.4 Å². The first-order valence-corrected chi connectivity index (χ1v) is 8.56. The number of hydrogen-bond acceptors (Lipinski definition) is 6. The molecule has 1 amide bonds. The molecule has 2 atom stereocenters. The van der Waals surface area contributed by atoms with Crippen molar-refractivity contribution in [3.8, 4) is 11.5 Å². The van der Waals surface area contributed by atoms with Gasteiger partial charge in [0.25, 0.3) is 0 Å². The maximum atomic E-state index is 11.9. The van der Waals surface area contributed by atoms with Crippen LogP contribution in [0, 0.1) is 5.92 Å². The van der Waals surface area contributed by atoms with Crippen molar-refractivity contribution in [3.63, 3.8) is 0 Å². The standard InChI is InChI=1S/C18H24N4O4/c1-10(2)7-14-19-18(22-21-14)17-16(20-15(23)9-26-17)11-5-6-12(24-3)13(8-11)25-4/h5-6,8,10,16-17H,7,9H2,1-4H3,(H,20,23)(H,19,21,22)/t16-,17+/m1/s1. The zero-order valence-electron chi connectivity index (χ0n) is 15.4. The number of aromatic nitrogens is 3. The van der Waals surface area contributed by atoms with Gasteiger partial charge in [-0.15, -0.1) is 0 Å². The van der Waals surface area contributed by atoms with E-state index in [0.717, 1.165) is 17.8 Å². The number of benzene rings is 1. The maximum Gasteiger partial charge on any atom is 0.246 e. The Hall–Kier alpha value is -2.61. The third kappa shape index (κ3) is 3.80. The van der Waals surface area contributed by atoms with Crippen LogP contribution in [0.15, 0.2) is 18.2 Å². The van der Waals surface area contributed by atoms with Crippen LogP contribution in [0.3, 0.4) is 0 Å². The average molecular weight is 360 g/mol. The molecule has 8 nitrogen and oxygen atoms in total. The van der Waals surface area contributed by atoms with E-state index in [4.69, 9.17) is 14.2 Å². The summed E-state index contributed by atoms with van der Waals surface area (Å²) in [6.45, 7) is 4.21. The molecule has 140 valence electrons. The highest BCUT2D eigenvalue weighted by Crippen LogP contribution is 2.37. The molecule has 0 radical (unpaired) electrons. The molecule has 0 saturated carbocycles. The monoisotopic (exact) mass is 360 g/mol. The van der Waals surface area contributed by atoms with Crippen LogP contribution in [-0.4, -0.2) is 41.9 Å². The van der Waals surface area contributed by atoms with E-state index in [-0.39, 0.29) is 12.5 Å². The van der Waals surface area contributed by atoms with Crippen LogP contribution in [0.2, 0.25) is 0 Å². The fourth-order valence-corrected chi connectivity index (χ4v) is 3.00. The number of hydrogen-bond donors (Lipinski definition) is 2. The molecular formula is C18H24N4O4. The van der Waals surface area contributed by atoms with E-state index >= 15 is 0 Å². The van der Waals surface area contributed by atoms with Crippen molar-refractivity contribution in [1.29, 1.82) is 0 Å². The molecule has 1 aromatic carbocycles. The summed E-state index contributed by atoms with van der Waals surface area (Å²) >= 11 is 0. The SMILES string of the molecule is COc1ccc([C@H]2NC(=O)CO[C@@H]2c2n[nH]c(CC(C)C)n2)cc1OC. The van der Waals surface area contributed by atoms with Crippen LogP contribution >= 0.6 is 0 Å². The number of carbonyl (C=O) groups is 1. The first-order chi connectivity index (χ1) is 12.5. The molecule has 3 rings (SSSR count).